The number of carbonyl (C=O) groups is 1. The molecule has 0 atom stereocenters. The standard InChI is InChI=1S/C14H13NO4/c1-9(4-3-5-13(16)17)10-6-7-11-12(8-10)19-14(18)15(11)2/h3-8H,1-2H3,(H,16,17)/b5-3+,9-4+. The number of rotatable bonds is 3. The smallest absolute Gasteiger partial charge is 0.419 e. The minimum atomic E-state index is -0.992. The van der Waals surface area contributed by atoms with Crippen molar-refractivity contribution in [3.63, 3.8) is 0 Å². The Labute approximate surface area is 109 Å². The second-order valence-corrected chi connectivity index (χ2v) is 4.16. The molecule has 0 bridgehead atoms. The lowest BCUT2D eigenvalue weighted by atomic mass is 10.1. The molecule has 1 aromatic carbocycles. The van der Waals surface area contributed by atoms with Gasteiger partial charge < -0.3 is 9.52 Å². The van der Waals surface area contributed by atoms with Crippen LogP contribution >= 0.6 is 0 Å². The van der Waals surface area contributed by atoms with Gasteiger partial charge in [0.05, 0.1) is 5.52 Å². The lowest BCUT2D eigenvalue weighted by molar-refractivity contribution is -0.131. The molecule has 0 amide bonds. The maximum Gasteiger partial charge on any atom is 0.419 e. The fourth-order valence-corrected chi connectivity index (χ4v) is 1.75. The van der Waals surface area contributed by atoms with Gasteiger partial charge in [-0.3, -0.25) is 4.57 Å². The minimum absolute atomic E-state index is 0.403. The van der Waals surface area contributed by atoms with Crippen molar-refractivity contribution < 1.29 is 14.3 Å². The van der Waals surface area contributed by atoms with E-state index in [9.17, 15) is 9.59 Å². The summed E-state index contributed by atoms with van der Waals surface area (Å²) < 4.78 is 6.53. The number of carboxylic acids is 1. The van der Waals surface area contributed by atoms with Crippen LogP contribution in [-0.4, -0.2) is 15.6 Å². The van der Waals surface area contributed by atoms with Crippen molar-refractivity contribution in [2.45, 2.75) is 6.92 Å². The Bertz CT molecular complexity index is 746. The summed E-state index contributed by atoms with van der Waals surface area (Å²) in [5.74, 6) is -1.40. The van der Waals surface area contributed by atoms with Crippen LogP contribution in [0.1, 0.15) is 12.5 Å². The molecule has 0 radical (unpaired) electrons. The van der Waals surface area contributed by atoms with Crippen LogP contribution in [-0.2, 0) is 11.8 Å². The van der Waals surface area contributed by atoms with Crippen LogP contribution in [0.5, 0.6) is 0 Å². The number of oxazole rings is 1. The van der Waals surface area contributed by atoms with Gasteiger partial charge in [-0.2, -0.15) is 0 Å². The van der Waals surface area contributed by atoms with Crippen molar-refractivity contribution in [1.29, 1.82) is 0 Å². The summed E-state index contributed by atoms with van der Waals surface area (Å²) >= 11 is 0. The summed E-state index contributed by atoms with van der Waals surface area (Å²) in [6, 6.07) is 5.42. The van der Waals surface area contributed by atoms with Gasteiger partial charge in [-0.25, -0.2) is 9.59 Å². The van der Waals surface area contributed by atoms with Crippen molar-refractivity contribution in [3.8, 4) is 0 Å². The maximum atomic E-state index is 11.4. The number of aromatic nitrogens is 1. The van der Waals surface area contributed by atoms with E-state index in [-0.39, 0.29) is 0 Å². The molecule has 1 N–H and O–H groups in total. The second-order valence-electron chi connectivity index (χ2n) is 4.16. The van der Waals surface area contributed by atoms with E-state index in [1.165, 1.54) is 10.6 Å². The SMILES string of the molecule is C/C(=C\C=C\C(=O)O)c1ccc2c(c1)oc(=O)n2C. The first-order valence-electron chi connectivity index (χ1n) is 5.67. The Kier molecular flexibility index (Phi) is 3.37. The second kappa shape index (κ2) is 4.97. The van der Waals surface area contributed by atoms with Crippen molar-refractivity contribution in [2.24, 2.45) is 7.05 Å². The average molecular weight is 259 g/mol. The van der Waals surface area contributed by atoms with Crippen LogP contribution in [0.3, 0.4) is 0 Å². The number of aliphatic carboxylic acids is 1. The van der Waals surface area contributed by atoms with Crippen molar-refractivity contribution >= 4 is 22.6 Å². The Morgan fingerprint density at radius 3 is 2.84 bits per heavy atom. The van der Waals surface area contributed by atoms with E-state index >= 15 is 0 Å². The van der Waals surface area contributed by atoms with Gasteiger partial charge in [0.15, 0.2) is 5.58 Å². The molecule has 2 aromatic rings. The van der Waals surface area contributed by atoms with Crippen LogP contribution in [0.2, 0.25) is 0 Å². The van der Waals surface area contributed by atoms with Gasteiger partial charge in [0.2, 0.25) is 0 Å². The summed E-state index contributed by atoms with van der Waals surface area (Å²) in [6.45, 7) is 1.86. The number of hydrogen-bond acceptors (Lipinski definition) is 3. The molecule has 1 aromatic heterocycles. The molecule has 19 heavy (non-hydrogen) atoms. The lowest BCUT2D eigenvalue weighted by Gasteiger charge is -2.00. The molecule has 1 heterocycles. The highest BCUT2D eigenvalue weighted by Crippen LogP contribution is 2.20. The quantitative estimate of drug-likeness (QED) is 0.677. The van der Waals surface area contributed by atoms with Gasteiger partial charge in [0, 0.05) is 13.1 Å². The topological polar surface area (TPSA) is 72.4 Å². The van der Waals surface area contributed by atoms with E-state index in [1.807, 2.05) is 13.0 Å². The molecule has 0 aliphatic heterocycles. The first-order chi connectivity index (χ1) is 8.99. The summed E-state index contributed by atoms with van der Waals surface area (Å²) in [5.41, 5.74) is 2.99. The molecule has 5 nitrogen and oxygen atoms in total. The maximum absolute atomic E-state index is 11.4. The zero-order valence-electron chi connectivity index (χ0n) is 10.6. The zero-order valence-corrected chi connectivity index (χ0v) is 10.6. The van der Waals surface area contributed by atoms with E-state index < -0.39 is 11.7 Å². The number of aryl methyl sites for hydroxylation is 1. The summed E-state index contributed by atoms with van der Waals surface area (Å²) in [4.78, 5) is 21.7. The molecule has 0 spiro atoms. The molecular formula is C14H13NO4. The third-order valence-corrected chi connectivity index (χ3v) is 2.83. The normalized spacial score (nSPS) is 12.4. The number of carboxylic acid groups (broad SMARTS) is 1. The lowest BCUT2D eigenvalue weighted by Crippen LogP contribution is -2.08. The zero-order chi connectivity index (χ0) is 14.0. The highest BCUT2D eigenvalue weighted by molar-refractivity contribution is 5.82. The van der Waals surface area contributed by atoms with Gasteiger partial charge in [0.1, 0.15) is 0 Å². The van der Waals surface area contributed by atoms with Gasteiger partial charge in [-0.05, 0) is 30.2 Å². The van der Waals surface area contributed by atoms with Crippen molar-refractivity contribution in [1.82, 2.24) is 4.57 Å². The highest BCUT2D eigenvalue weighted by atomic mass is 16.4. The van der Waals surface area contributed by atoms with Crippen molar-refractivity contribution in [3.05, 3.63) is 52.5 Å². The van der Waals surface area contributed by atoms with Crippen LogP contribution in [0, 0.1) is 0 Å². The largest absolute Gasteiger partial charge is 0.478 e. The summed E-state index contributed by atoms with van der Waals surface area (Å²) in [7, 11) is 1.64. The molecule has 0 fully saturated rings. The average Bonchev–Trinajstić information content (AvgIpc) is 2.64. The van der Waals surface area contributed by atoms with Gasteiger partial charge in [0.25, 0.3) is 0 Å². The van der Waals surface area contributed by atoms with Gasteiger partial charge in [-0.1, -0.05) is 18.2 Å². The van der Waals surface area contributed by atoms with E-state index in [0.717, 1.165) is 22.7 Å². The Balaban J connectivity index is 2.41. The third-order valence-electron chi connectivity index (χ3n) is 2.83. The summed E-state index contributed by atoms with van der Waals surface area (Å²) in [5, 5.41) is 8.50. The van der Waals surface area contributed by atoms with Crippen molar-refractivity contribution in [2.75, 3.05) is 0 Å². The molecule has 0 saturated heterocycles. The van der Waals surface area contributed by atoms with E-state index in [1.54, 1.807) is 25.3 Å². The summed E-state index contributed by atoms with van der Waals surface area (Å²) in [6.07, 6.45) is 4.21. The Hall–Kier alpha value is -2.56. The fourth-order valence-electron chi connectivity index (χ4n) is 1.75. The monoisotopic (exact) mass is 259 g/mol. The third kappa shape index (κ3) is 2.65. The van der Waals surface area contributed by atoms with Crippen LogP contribution in [0.15, 0.2) is 45.6 Å². The molecule has 0 saturated carbocycles. The highest BCUT2D eigenvalue weighted by Gasteiger charge is 2.06. The minimum Gasteiger partial charge on any atom is -0.478 e. The van der Waals surface area contributed by atoms with Gasteiger partial charge in [-0.15, -0.1) is 0 Å². The predicted octanol–water partition coefficient (Wildman–Crippen LogP) is 2.18. The predicted molar refractivity (Wildman–Crippen MR) is 71.9 cm³/mol. The number of hydrogen-bond donors (Lipinski definition) is 1. The first kappa shape index (κ1) is 12.9. The van der Waals surface area contributed by atoms with E-state index in [2.05, 4.69) is 0 Å². The number of allylic oxidation sites excluding steroid dienone is 3. The molecule has 0 aliphatic rings. The Morgan fingerprint density at radius 1 is 1.42 bits per heavy atom. The molecule has 0 unspecified atom stereocenters. The number of benzene rings is 1. The molecular weight excluding hydrogens is 246 g/mol. The van der Waals surface area contributed by atoms with Crippen LogP contribution < -0.4 is 5.76 Å². The number of fused-ring (bicyclic) bond motifs is 1. The molecule has 5 heteroatoms. The molecule has 98 valence electrons. The fraction of sp³-hybridized carbons (Fsp3) is 0.143. The molecule has 2 rings (SSSR count). The molecule has 0 aliphatic carbocycles. The van der Waals surface area contributed by atoms with E-state index in [0.29, 0.717) is 5.58 Å². The Morgan fingerprint density at radius 2 is 2.16 bits per heavy atom. The van der Waals surface area contributed by atoms with E-state index in [4.69, 9.17) is 9.52 Å². The van der Waals surface area contributed by atoms with Crippen LogP contribution in [0.4, 0.5) is 0 Å². The van der Waals surface area contributed by atoms with Gasteiger partial charge >= 0.3 is 11.7 Å². The number of nitrogens with zero attached hydrogens (tertiary/aromatic N) is 1. The first-order valence-corrected chi connectivity index (χ1v) is 5.67. The van der Waals surface area contributed by atoms with Crippen LogP contribution in [0.25, 0.3) is 16.7 Å².